The van der Waals surface area contributed by atoms with Gasteiger partial charge in [-0.3, -0.25) is 4.79 Å². The topological polar surface area (TPSA) is 50.7 Å². The van der Waals surface area contributed by atoms with Gasteiger partial charge in [-0.25, -0.2) is 5.43 Å². The monoisotopic (exact) mass is 500 g/mol. The van der Waals surface area contributed by atoms with Crippen molar-refractivity contribution in [2.24, 2.45) is 5.10 Å². The summed E-state index contributed by atoms with van der Waals surface area (Å²) in [5.74, 6) is -0.0878. The molecule has 0 aliphatic heterocycles. The predicted molar refractivity (Wildman–Crippen MR) is 124 cm³/mol. The smallest absolute Gasteiger partial charge is 0.271 e. The van der Waals surface area contributed by atoms with E-state index in [0.29, 0.717) is 37.0 Å². The molecule has 30 heavy (non-hydrogen) atoms. The lowest BCUT2D eigenvalue weighted by Crippen LogP contribution is -2.17. The molecule has 1 amide bonds. The maximum atomic E-state index is 12.1. The van der Waals surface area contributed by atoms with Gasteiger partial charge in [-0.2, -0.15) is 5.10 Å². The highest BCUT2D eigenvalue weighted by molar-refractivity contribution is 6.42. The van der Waals surface area contributed by atoms with Gasteiger partial charge in [-0.1, -0.05) is 70.1 Å². The molecule has 154 valence electrons. The van der Waals surface area contributed by atoms with E-state index in [1.165, 1.54) is 18.3 Å². The fourth-order valence-electron chi connectivity index (χ4n) is 2.40. The van der Waals surface area contributed by atoms with Gasteiger partial charge in [0.05, 0.1) is 26.3 Å². The van der Waals surface area contributed by atoms with Crippen LogP contribution < -0.4 is 10.2 Å². The van der Waals surface area contributed by atoms with Gasteiger partial charge in [0.25, 0.3) is 5.91 Å². The van der Waals surface area contributed by atoms with Gasteiger partial charge in [0.15, 0.2) is 5.75 Å². The Kier molecular flexibility index (Phi) is 7.87. The molecule has 3 aromatic carbocycles. The Morgan fingerprint density at radius 1 is 0.867 bits per heavy atom. The largest absolute Gasteiger partial charge is 0.486 e. The number of rotatable bonds is 6. The Morgan fingerprint density at radius 2 is 1.53 bits per heavy atom. The van der Waals surface area contributed by atoms with Crippen LogP contribution in [-0.2, 0) is 6.61 Å². The maximum Gasteiger partial charge on any atom is 0.271 e. The van der Waals surface area contributed by atoms with E-state index >= 15 is 0 Å². The van der Waals surface area contributed by atoms with E-state index in [9.17, 15) is 4.79 Å². The Balaban J connectivity index is 1.64. The SMILES string of the molecule is O=C(N/N=C\c1cc(Cl)c(OCc2ccc(Cl)cc2)c(Cl)c1)c1ccc(Cl)c(Cl)c1. The molecule has 0 bridgehead atoms. The second-order valence-corrected chi connectivity index (χ2v) is 8.12. The molecule has 0 unspecified atom stereocenters. The van der Waals surface area contributed by atoms with Gasteiger partial charge in [-0.15, -0.1) is 0 Å². The number of halogens is 5. The lowest BCUT2D eigenvalue weighted by Gasteiger charge is -2.11. The highest BCUT2D eigenvalue weighted by Crippen LogP contribution is 2.34. The molecule has 0 aromatic heterocycles. The Bertz CT molecular complexity index is 1080. The van der Waals surface area contributed by atoms with Gasteiger partial charge >= 0.3 is 0 Å². The summed E-state index contributed by atoms with van der Waals surface area (Å²) < 4.78 is 5.73. The van der Waals surface area contributed by atoms with Crippen molar-refractivity contribution in [3.05, 3.63) is 96.4 Å². The number of carbonyl (C=O) groups excluding carboxylic acids is 1. The van der Waals surface area contributed by atoms with E-state index in [4.69, 9.17) is 62.7 Å². The van der Waals surface area contributed by atoms with E-state index in [1.54, 1.807) is 30.3 Å². The average Bonchev–Trinajstić information content (AvgIpc) is 2.70. The highest BCUT2D eigenvalue weighted by Gasteiger charge is 2.10. The maximum absolute atomic E-state index is 12.1. The van der Waals surface area contributed by atoms with Crippen LogP contribution in [0.15, 0.2) is 59.7 Å². The molecule has 0 saturated carbocycles. The molecule has 0 radical (unpaired) electrons. The minimum absolute atomic E-state index is 0.279. The first-order valence-corrected chi connectivity index (χ1v) is 10.4. The van der Waals surface area contributed by atoms with Crippen LogP contribution in [0.3, 0.4) is 0 Å². The van der Waals surface area contributed by atoms with Gasteiger partial charge in [0.1, 0.15) is 6.61 Å². The lowest BCUT2D eigenvalue weighted by atomic mass is 10.2. The number of hydrogen-bond donors (Lipinski definition) is 1. The van der Waals surface area contributed by atoms with Crippen molar-refractivity contribution in [1.29, 1.82) is 0 Å². The molecule has 0 fully saturated rings. The number of ether oxygens (including phenoxy) is 1. The first-order chi connectivity index (χ1) is 14.3. The molecule has 0 atom stereocenters. The fourth-order valence-corrected chi connectivity index (χ4v) is 3.43. The molecule has 4 nitrogen and oxygen atoms in total. The zero-order valence-electron chi connectivity index (χ0n) is 15.1. The van der Waals surface area contributed by atoms with Crippen molar-refractivity contribution < 1.29 is 9.53 Å². The van der Waals surface area contributed by atoms with Gasteiger partial charge < -0.3 is 4.74 Å². The summed E-state index contributed by atoms with van der Waals surface area (Å²) in [6, 6.07) is 15.0. The van der Waals surface area contributed by atoms with Crippen molar-refractivity contribution in [2.75, 3.05) is 0 Å². The number of amides is 1. The average molecular weight is 503 g/mol. The van der Waals surface area contributed by atoms with Crippen LogP contribution in [0.5, 0.6) is 5.75 Å². The summed E-state index contributed by atoms with van der Waals surface area (Å²) in [5.41, 5.74) is 4.22. The zero-order chi connectivity index (χ0) is 21.7. The van der Waals surface area contributed by atoms with Crippen molar-refractivity contribution in [3.63, 3.8) is 0 Å². The zero-order valence-corrected chi connectivity index (χ0v) is 18.9. The number of nitrogens with zero attached hydrogens (tertiary/aromatic N) is 1. The van der Waals surface area contributed by atoms with Crippen LogP contribution >= 0.6 is 58.0 Å². The minimum atomic E-state index is -0.440. The molecule has 1 N–H and O–H groups in total. The van der Waals surface area contributed by atoms with Gasteiger partial charge in [0.2, 0.25) is 0 Å². The molecule has 3 rings (SSSR count). The van der Waals surface area contributed by atoms with E-state index < -0.39 is 5.91 Å². The van der Waals surface area contributed by atoms with E-state index in [1.807, 2.05) is 12.1 Å². The van der Waals surface area contributed by atoms with Crippen molar-refractivity contribution >= 4 is 70.1 Å². The van der Waals surface area contributed by atoms with Crippen LogP contribution in [0, 0.1) is 0 Å². The van der Waals surface area contributed by atoms with Crippen LogP contribution in [0.4, 0.5) is 0 Å². The third-order valence-electron chi connectivity index (χ3n) is 3.88. The van der Waals surface area contributed by atoms with E-state index in [2.05, 4.69) is 10.5 Å². The van der Waals surface area contributed by atoms with E-state index in [0.717, 1.165) is 5.56 Å². The fraction of sp³-hybridized carbons (Fsp3) is 0.0476. The summed E-state index contributed by atoms with van der Waals surface area (Å²) in [7, 11) is 0. The molecular formula is C21H13Cl5N2O2. The second-order valence-electron chi connectivity index (χ2n) is 6.06. The van der Waals surface area contributed by atoms with E-state index in [-0.39, 0.29) is 11.6 Å². The summed E-state index contributed by atoms with van der Waals surface area (Å²) in [6.45, 7) is 0.282. The molecule has 0 heterocycles. The number of benzene rings is 3. The lowest BCUT2D eigenvalue weighted by molar-refractivity contribution is 0.0955. The predicted octanol–water partition coefficient (Wildman–Crippen LogP) is 7.30. The first-order valence-electron chi connectivity index (χ1n) is 8.48. The van der Waals surface area contributed by atoms with Crippen LogP contribution in [0.25, 0.3) is 0 Å². The second kappa shape index (κ2) is 10.4. The highest BCUT2D eigenvalue weighted by atomic mass is 35.5. The molecular weight excluding hydrogens is 490 g/mol. The third kappa shape index (κ3) is 6.03. The summed E-state index contributed by atoms with van der Waals surface area (Å²) in [4.78, 5) is 12.1. The minimum Gasteiger partial charge on any atom is -0.486 e. The summed E-state index contributed by atoms with van der Waals surface area (Å²) >= 11 is 30.2. The van der Waals surface area contributed by atoms with Gasteiger partial charge in [0, 0.05) is 10.6 Å². The Labute approximate surface area is 198 Å². The summed E-state index contributed by atoms with van der Waals surface area (Å²) in [5, 5.41) is 5.82. The first kappa shape index (κ1) is 22.7. The third-order valence-corrected chi connectivity index (χ3v) is 5.43. The van der Waals surface area contributed by atoms with Crippen LogP contribution in [-0.4, -0.2) is 12.1 Å². The Morgan fingerprint density at radius 3 is 2.17 bits per heavy atom. The van der Waals surface area contributed by atoms with Crippen molar-refractivity contribution in [2.45, 2.75) is 6.61 Å². The Hall–Kier alpha value is -1.95. The standard InChI is InChI=1S/C21H13Cl5N2O2/c22-15-4-1-12(2-5-15)11-30-20-18(25)7-13(8-19(20)26)10-27-28-21(29)14-3-6-16(23)17(24)9-14/h1-10H,11H2,(H,28,29)/b27-10-. The molecule has 0 saturated heterocycles. The quantitative estimate of drug-likeness (QED) is 0.284. The number of carbonyl (C=O) groups is 1. The number of hydrogen-bond acceptors (Lipinski definition) is 3. The molecule has 0 aliphatic carbocycles. The van der Waals surface area contributed by atoms with Crippen LogP contribution in [0.2, 0.25) is 25.1 Å². The normalized spacial score (nSPS) is 11.0. The molecule has 3 aromatic rings. The molecule has 9 heteroatoms. The van der Waals surface area contributed by atoms with Crippen LogP contribution in [0.1, 0.15) is 21.5 Å². The molecule has 0 spiro atoms. The number of hydrazone groups is 1. The molecule has 0 aliphatic rings. The van der Waals surface area contributed by atoms with Crippen molar-refractivity contribution in [3.8, 4) is 5.75 Å². The number of nitrogens with one attached hydrogen (secondary N) is 1. The van der Waals surface area contributed by atoms with Gasteiger partial charge in [-0.05, 0) is 53.6 Å². The van der Waals surface area contributed by atoms with Crippen molar-refractivity contribution in [1.82, 2.24) is 5.43 Å². The summed E-state index contributed by atoms with van der Waals surface area (Å²) in [6.07, 6.45) is 1.41.